The summed E-state index contributed by atoms with van der Waals surface area (Å²) in [5, 5.41) is 2.68. The molecule has 1 aliphatic carbocycles. The van der Waals surface area contributed by atoms with Crippen molar-refractivity contribution >= 4 is 5.91 Å². The molecule has 0 heterocycles. The molecule has 2 unspecified atom stereocenters. The number of amides is 1. The number of carbonyl (C=O) groups is 1. The van der Waals surface area contributed by atoms with Gasteiger partial charge in [0.15, 0.2) is 0 Å². The molecule has 0 aromatic carbocycles. The van der Waals surface area contributed by atoms with E-state index in [9.17, 15) is 4.79 Å². The summed E-state index contributed by atoms with van der Waals surface area (Å²) >= 11 is 0. The average molecular weight is 171 g/mol. The van der Waals surface area contributed by atoms with E-state index in [2.05, 4.69) is 5.32 Å². The van der Waals surface area contributed by atoms with E-state index in [0.29, 0.717) is 6.61 Å². The largest absolute Gasteiger partial charge is 0.378 e. The van der Waals surface area contributed by atoms with Crippen molar-refractivity contribution in [3.05, 3.63) is 0 Å². The van der Waals surface area contributed by atoms with Gasteiger partial charge < -0.3 is 10.1 Å². The fourth-order valence-electron chi connectivity index (χ4n) is 1.82. The standard InChI is InChI=1S/C9H17NO2/c1-3-12-8-6-4-5-7(8)9(11)10-2/h7-8H,3-6H2,1-2H3,(H,10,11). The van der Waals surface area contributed by atoms with E-state index in [1.54, 1.807) is 7.05 Å². The lowest BCUT2D eigenvalue weighted by atomic mass is 10.1. The minimum Gasteiger partial charge on any atom is -0.378 e. The first-order chi connectivity index (χ1) is 5.79. The third-order valence-corrected chi connectivity index (χ3v) is 2.42. The average Bonchev–Trinajstić information content (AvgIpc) is 2.52. The Morgan fingerprint density at radius 1 is 1.58 bits per heavy atom. The molecule has 12 heavy (non-hydrogen) atoms. The van der Waals surface area contributed by atoms with Gasteiger partial charge in [0.05, 0.1) is 12.0 Å². The van der Waals surface area contributed by atoms with Gasteiger partial charge >= 0.3 is 0 Å². The zero-order valence-corrected chi connectivity index (χ0v) is 7.80. The molecule has 0 radical (unpaired) electrons. The van der Waals surface area contributed by atoms with Crippen LogP contribution in [0.5, 0.6) is 0 Å². The first-order valence-corrected chi connectivity index (χ1v) is 4.62. The fourth-order valence-corrected chi connectivity index (χ4v) is 1.82. The zero-order valence-electron chi connectivity index (χ0n) is 7.80. The predicted molar refractivity (Wildman–Crippen MR) is 46.8 cm³/mol. The molecule has 0 aromatic rings. The monoisotopic (exact) mass is 171 g/mol. The molecule has 1 saturated carbocycles. The maximum atomic E-state index is 11.3. The number of nitrogens with one attached hydrogen (secondary N) is 1. The molecule has 0 spiro atoms. The molecule has 1 N–H and O–H groups in total. The highest BCUT2D eigenvalue weighted by atomic mass is 16.5. The number of ether oxygens (including phenoxy) is 1. The normalized spacial score (nSPS) is 28.8. The van der Waals surface area contributed by atoms with Gasteiger partial charge in [0.1, 0.15) is 0 Å². The Bertz CT molecular complexity index is 159. The van der Waals surface area contributed by atoms with Crippen molar-refractivity contribution in [2.24, 2.45) is 5.92 Å². The lowest BCUT2D eigenvalue weighted by Gasteiger charge is -2.17. The van der Waals surface area contributed by atoms with Gasteiger partial charge in [-0.3, -0.25) is 4.79 Å². The third-order valence-electron chi connectivity index (χ3n) is 2.42. The molecule has 1 rings (SSSR count). The quantitative estimate of drug-likeness (QED) is 0.686. The molecule has 1 amide bonds. The molecule has 0 aliphatic heterocycles. The van der Waals surface area contributed by atoms with Crippen molar-refractivity contribution in [3.8, 4) is 0 Å². The van der Waals surface area contributed by atoms with E-state index >= 15 is 0 Å². The molecule has 3 nitrogen and oxygen atoms in total. The maximum absolute atomic E-state index is 11.3. The van der Waals surface area contributed by atoms with E-state index in [0.717, 1.165) is 19.3 Å². The van der Waals surface area contributed by atoms with Crippen LogP contribution in [0.1, 0.15) is 26.2 Å². The molecule has 0 saturated heterocycles. The Morgan fingerprint density at radius 2 is 2.33 bits per heavy atom. The fraction of sp³-hybridized carbons (Fsp3) is 0.889. The van der Waals surface area contributed by atoms with Gasteiger partial charge in [-0.1, -0.05) is 0 Å². The Labute approximate surface area is 73.5 Å². The highest BCUT2D eigenvalue weighted by Gasteiger charge is 2.32. The van der Waals surface area contributed by atoms with Crippen LogP contribution in [0.3, 0.4) is 0 Å². The minimum absolute atomic E-state index is 0.0925. The lowest BCUT2D eigenvalue weighted by Crippen LogP contribution is -2.33. The smallest absolute Gasteiger partial charge is 0.225 e. The van der Waals surface area contributed by atoms with Gasteiger partial charge in [0.2, 0.25) is 5.91 Å². The number of carbonyl (C=O) groups excluding carboxylic acids is 1. The van der Waals surface area contributed by atoms with E-state index < -0.39 is 0 Å². The summed E-state index contributed by atoms with van der Waals surface area (Å²) in [5.41, 5.74) is 0. The summed E-state index contributed by atoms with van der Waals surface area (Å²) in [7, 11) is 1.68. The second-order valence-corrected chi connectivity index (χ2v) is 3.15. The molecule has 2 atom stereocenters. The van der Waals surface area contributed by atoms with Crippen molar-refractivity contribution in [2.45, 2.75) is 32.3 Å². The number of hydrogen-bond acceptors (Lipinski definition) is 2. The molecular weight excluding hydrogens is 154 g/mol. The number of rotatable bonds is 3. The third kappa shape index (κ3) is 1.97. The van der Waals surface area contributed by atoms with E-state index in [1.807, 2.05) is 6.92 Å². The van der Waals surface area contributed by atoms with Gasteiger partial charge in [-0.25, -0.2) is 0 Å². The van der Waals surface area contributed by atoms with Crippen molar-refractivity contribution in [3.63, 3.8) is 0 Å². The van der Waals surface area contributed by atoms with Crippen LogP contribution < -0.4 is 5.32 Å². The summed E-state index contributed by atoms with van der Waals surface area (Å²) in [5.74, 6) is 0.223. The first kappa shape index (κ1) is 9.52. The highest BCUT2D eigenvalue weighted by Crippen LogP contribution is 2.28. The van der Waals surface area contributed by atoms with Crippen LogP contribution in [0.25, 0.3) is 0 Å². The molecular formula is C9H17NO2. The first-order valence-electron chi connectivity index (χ1n) is 4.62. The predicted octanol–water partition coefficient (Wildman–Crippen LogP) is 0.938. The highest BCUT2D eigenvalue weighted by molar-refractivity contribution is 5.79. The van der Waals surface area contributed by atoms with Crippen LogP contribution in [0, 0.1) is 5.92 Å². The number of hydrogen-bond donors (Lipinski definition) is 1. The van der Waals surface area contributed by atoms with Gasteiger partial charge in [0.25, 0.3) is 0 Å². The van der Waals surface area contributed by atoms with Gasteiger partial charge in [-0.05, 0) is 26.2 Å². The molecule has 1 aliphatic rings. The van der Waals surface area contributed by atoms with E-state index in [1.165, 1.54) is 0 Å². The van der Waals surface area contributed by atoms with Crippen LogP contribution in [0.4, 0.5) is 0 Å². The Kier molecular flexibility index (Phi) is 3.53. The van der Waals surface area contributed by atoms with E-state index in [-0.39, 0.29) is 17.9 Å². The van der Waals surface area contributed by atoms with Crippen LogP contribution in [0.2, 0.25) is 0 Å². The van der Waals surface area contributed by atoms with Crippen molar-refractivity contribution in [2.75, 3.05) is 13.7 Å². The van der Waals surface area contributed by atoms with Crippen molar-refractivity contribution < 1.29 is 9.53 Å². The molecule has 0 aromatic heterocycles. The summed E-state index contributed by atoms with van der Waals surface area (Å²) in [6, 6.07) is 0. The van der Waals surface area contributed by atoms with Gasteiger partial charge in [-0.15, -0.1) is 0 Å². The Morgan fingerprint density at radius 3 is 2.92 bits per heavy atom. The molecule has 0 bridgehead atoms. The second-order valence-electron chi connectivity index (χ2n) is 3.15. The Balaban J connectivity index is 2.45. The van der Waals surface area contributed by atoms with E-state index in [4.69, 9.17) is 4.74 Å². The van der Waals surface area contributed by atoms with Crippen molar-refractivity contribution in [1.29, 1.82) is 0 Å². The lowest BCUT2D eigenvalue weighted by molar-refractivity contribution is -0.128. The minimum atomic E-state index is 0.0925. The molecule has 70 valence electrons. The maximum Gasteiger partial charge on any atom is 0.225 e. The van der Waals surface area contributed by atoms with Crippen molar-refractivity contribution in [1.82, 2.24) is 5.32 Å². The van der Waals surface area contributed by atoms with Crippen LogP contribution in [-0.4, -0.2) is 25.7 Å². The van der Waals surface area contributed by atoms with Crippen LogP contribution in [-0.2, 0) is 9.53 Å². The zero-order chi connectivity index (χ0) is 8.97. The van der Waals surface area contributed by atoms with Gasteiger partial charge in [-0.2, -0.15) is 0 Å². The summed E-state index contributed by atoms with van der Waals surface area (Å²) in [6.45, 7) is 2.68. The van der Waals surface area contributed by atoms with Crippen LogP contribution in [0.15, 0.2) is 0 Å². The molecule has 1 fully saturated rings. The summed E-state index contributed by atoms with van der Waals surface area (Å²) < 4.78 is 5.48. The summed E-state index contributed by atoms with van der Waals surface area (Å²) in [6.07, 6.45) is 3.29. The Hall–Kier alpha value is -0.570. The second kappa shape index (κ2) is 4.45. The summed E-state index contributed by atoms with van der Waals surface area (Å²) in [4.78, 5) is 11.3. The molecule has 3 heteroatoms. The topological polar surface area (TPSA) is 38.3 Å². The van der Waals surface area contributed by atoms with Crippen LogP contribution >= 0.6 is 0 Å². The van der Waals surface area contributed by atoms with Gasteiger partial charge in [0, 0.05) is 13.7 Å². The SMILES string of the molecule is CCOC1CCCC1C(=O)NC.